The van der Waals surface area contributed by atoms with Crippen LogP contribution in [0, 0.1) is 0 Å². The summed E-state index contributed by atoms with van der Waals surface area (Å²) < 4.78 is 0. The minimum atomic E-state index is -0.167. The largest absolute Gasteiger partial charge is 0.345 e. The SMILES string of the molecule is C[C@@H](NC(=O)c1cnc(C2CC2)nc1)c1ccc(Cl)cc1. The van der Waals surface area contributed by atoms with Crippen LogP contribution in [0.2, 0.25) is 5.02 Å². The molecule has 1 saturated carbocycles. The van der Waals surface area contributed by atoms with Gasteiger partial charge in [-0.3, -0.25) is 4.79 Å². The van der Waals surface area contributed by atoms with Gasteiger partial charge in [0.05, 0.1) is 11.6 Å². The molecule has 1 aliphatic carbocycles. The summed E-state index contributed by atoms with van der Waals surface area (Å²) in [6, 6.07) is 7.33. The van der Waals surface area contributed by atoms with Gasteiger partial charge in [0.25, 0.3) is 5.91 Å². The quantitative estimate of drug-likeness (QED) is 0.940. The molecule has 1 aromatic heterocycles. The van der Waals surface area contributed by atoms with Gasteiger partial charge in [-0.1, -0.05) is 23.7 Å². The highest BCUT2D eigenvalue weighted by atomic mass is 35.5. The van der Waals surface area contributed by atoms with E-state index in [4.69, 9.17) is 11.6 Å². The van der Waals surface area contributed by atoms with Crippen LogP contribution in [-0.2, 0) is 0 Å². The van der Waals surface area contributed by atoms with Gasteiger partial charge in [0.2, 0.25) is 0 Å². The van der Waals surface area contributed by atoms with E-state index >= 15 is 0 Å². The van der Waals surface area contributed by atoms with Gasteiger partial charge in [0.15, 0.2) is 0 Å². The Bertz CT molecular complexity index is 636. The molecule has 1 fully saturated rings. The van der Waals surface area contributed by atoms with Gasteiger partial charge in [-0.2, -0.15) is 0 Å². The van der Waals surface area contributed by atoms with E-state index in [9.17, 15) is 4.79 Å². The number of carbonyl (C=O) groups excluding carboxylic acids is 1. The Morgan fingerprint density at radius 2 is 1.86 bits per heavy atom. The zero-order valence-corrected chi connectivity index (χ0v) is 12.5. The van der Waals surface area contributed by atoms with Crippen molar-refractivity contribution in [2.75, 3.05) is 0 Å². The van der Waals surface area contributed by atoms with Crippen molar-refractivity contribution in [3.63, 3.8) is 0 Å². The zero-order valence-electron chi connectivity index (χ0n) is 11.7. The van der Waals surface area contributed by atoms with E-state index in [1.54, 1.807) is 12.4 Å². The molecule has 1 aliphatic rings. The maximum absolute atomic E-state index is 12.2. The topological polar surface area (TPSA) is 54.9 Å². The van der Waals surface area contributed by atoms with Crippen molar-refractivity contribution < 1.29 is 4.79 Å². The molecule has 1 N–H and O–H groups in total. The van der Waals surface area contributed by atoms with Crippen LogP contribution in [0.1, 0.15) is 53.5 Å². The van der Waals surface area contributed by atoms with E-state index in [1.807, 2.05) is 31.2 Å². The van der Waals surface area contributed by atoms with Crippen molar-refractivity contribution >= 4 is 17.5 Å². The Hall–Kier alpha value is -1.94. The average molecular weight is 302 g/mol. The second kappa shape index (κ2) is 5.82. The maximum atomic E-state index is 12.2. The van der Waals surface area contributed by atoms with Crippen molar-refractivity contribution in [2.45, 2.75) is 31.7 Å². The molecule has 0 saturated heterocycles. The van der Waals surface area contributed by atoms with Crippen LogP contribution in [-0.4, -0.2) is 15.9 Å². The number of halogens is 1. The standard InChI is InChI=1S/C16H16ClN3O/c1-10(11-4-6-14(17)7-5-11)20-16(21)13-8-18-15(19-9-13)12-2-3-12/h4-10,12H,2-3H2,1H3,(H,20,21)/t10-/m1/s1. The van der Waals surface area contributed by atoms with E-state index in [0.717, 1.165) is 24.2 Å². The Balaban J connectivity index is 1.65. The van der Waals surface area contributed by atoms with Crippen LogP contribution < -0.4 is 5.32 Å². The van der Waals surface area contributed by atoms with E-state index in [0.29, 0.717) is 16.5 Å². The van der Waals surface area contributed by atoms with Crippen LogP contribution >= 0.6 is 11.6 Å². The number of carbonyl (C=O) groups is 1. The number of hydrogen-bond donors (Lipinski definition) is 1. The lowest BCUT2D eigenvalue weighted by Crippen LogP contribution is -2.27. The average Bonchev–Trinajstić information content (AvgIpc) is 3.32. The Morgan fingerprint density at radius 3 is 2.43 bits per heavy atom. The number of hydrogen-bond acceptors (Lipinski definition) is 3. The van der Waals surface area contributed by atoms with Crippen LogP contribution in [0.3, 0.4) is 0 Å². The molecule has 108 valence electrons. The third kappa shape index (κ3) is 3.39. The zero-order chi connectivity index (χ0) is 14.8. The summed E-state index contributed by atoms with van der Waals surface area (Å²) in [4.78, 5) is 20.7. The molecule has 0 unspecified atom stereocenters. The lowest BCUT2D eigenvalue weighted by molar-refractivity contribution is 0.0939. The third-order valence-electron chi connectivity index (χ3n) is 3.59. The van der Waals surface area contributed by atoms with Crippen LogP contribution in [0.25, 0.3) is 0 Å². The molecule has 0 spiro atoms. The van der Waals surface area contributed by atoms with E-state index in [2.05, 4.69) is 15.3 Å². The first-order chi connectivity index (χ1) is 10.1. The smallest absolute Gasteiger partial charge is 0.254 e. The van der Waals surface area contributed by atoms with E-state index < -0.39 is 0 Å². The summed E-state index contributed by atoms with van der Waals surface area (Å²) >= 11 is 5.86. The summed E-state index contributed by atoms with van der Waals surface area (Å²) in [5, 5.41) is 3.62. The molecular weight excluding hydrogens is 286 g/mol. The van der Waals surface area contributed by atoms with Gasteiger partial charge in [-0.15, -0.1) is 0 Å². The number of nitrogens with zero attached hydrogens (tertiary/aromatic N) is 2. The fourth-order valence-electron chi connectivity index (χ4n) is 2.12. The molecule has 0 bridgehead atoms. The molecular formula is C16H16ClN3O. The summed E-state index contributed by atoms with van der Waals surface area (Å²) in [7, 11) is 0. The minimum Gasteiger partial charge on any atom is -0.345 e. The summed E-state index contributed by atoms with van der Waals surface area (Å²) in [5.74, 6) is 1.17. The highest BCUT2D eigenvalue weighted by Gasteiger charge is 2.26. The van der Waals surface area contributed by atoms with Crippen molar-refractivity contribution in [3.8, 4) is 0 Å². The number of amides is 1. The first-order valence-electron chi connectivity index (χ1n) is 7.02. The maximum Gasteiger partial charge on any atom is 0.254 e. The molecule has 1 amide bonds. The van der Waals surface area contributed by atoms with E-state index in [1.165, 1.54) is 0 Å². The fraction of sp³-hybridized carbons (Fsp3) is 0.312. The number of aromatic nitrogens is 2. The highest BCUT2D eigenvalue weighted by molar-refractivity contribution is 6.30. The summed E-state index contributed by atoms with van der Waals surface area (Å²) in [5.41, 5.74) is 1.49. The van der Waals surface area contributed by atoms with Gasteiger partial charge in [0, 0.05) is 23.3 Å². The third-order valence-corrected chi connectivity index (χ3v) is 3.85. The molecule has 1 aromatic carbocycles. The highest BCUT2D eigenvalue weighted by Crippen LogP contribution is 2.37. The van der Waals surface area contributed by atoms with Gasteiger partial charge in [-0.05, 0) is 37.5 Å². The normalized spacial score (nSPS) is 15.5. The molecule has 2 aromatic rings. The van der Waals surface area contributed by atoms with Crippen LogP contribution in [0.15, 0.2) is 36.7 Å². The van der Waals surface area contributed by atoms with Crippen molar-refractivity contribution in [2.24, 2.45) is 0 Å². The predicted molar refractivity (Wildman–Crippen MR) is 81.3 cm³/mol. The lowest BCUT2D eigenvalue weighted by Gasteiger charge is -2.14. The number of benzene rings is 1. The lowest BCUT2D eigenvalue weighted by atomic mass is 10.1. The number of rotatable bonds is 4. The molecule has 4 nitrogen and oxygen atoms in total. The van der Waals surface area contributed by atoms with Crippen LogP contribution in [0.5, 0.6) is 0 Å². The van der Waals surface area contributed by atoms with Gasteiger partial charge < -0.3 is 5.32 Å². The Kier molecular flexibility index (Phi) is 3.88. The molecule has 1 atom stereocenters. The second-order valence-corrected chi connectivity index (χ2v) is 5.79. The van der Waals surface area contributed by atoms with E-state index in [-0.39, 0.29) is 11.9 Å². The molecule has 0 radical (unpaired) electrons. The Morgan fingerprint density at radius 1 is 1.24 bits per heavy atom. The van der Waals surface area contributed by atoms with Crippen molar-refractivity contribution in [1.29, 1.82) is 0 Å². The first kappa shape index (κ1) is 14.0. The molecule has 5 heteroatoms. The predicted octanol–water partition coefficient (Wildman–Crippen LogP) is 3.50. The van der Waals surface area contributed by atoms with Crippen molar-refractivity contribution in [1.82, 2.24) is 15.3 Å². The molecule has 0 aliphatic heterocycles. The van der Waals surface area contributed by atoms with Gasteiger partial charge in [0.1, 0.15) is 5.82 Å². The second-order valence-electron chi connectivity index (χ2n) is 5.35. The number of nitrogens with one attached hydrogen (secondary N) is 1. The molecule has 21 heavy (non-hydrogen) atoms. The Labute approximate surface area is 128 Å². The molecule has 3 rings (SSSR count). The first-order valence-corrected chi connectivity index (χ1v) is 7.39. The van der Waals surface area contributed by atoms with Crippen molar-refractivity contribution in [3.05, 3.63) is 58.6 Å². The fourth-order valence-corrected chi connectivity index (χ4v) is 2.25. The van der Waals surface area contributed by atoms with Gasteiger partial charge in [-0.25, -0.2) is 9.97 Å². The minimum absolute atomic E-state index is 0.0992. The summed E-state index contributed by atoms with van der Waals surface area (Å²) in [6.45, 7) is 1.93. The summed E-state index contributed by atoms with van der Waals surface area (Å²) in [6.07, 6.45) is 5.51. The molecule has 1 heterocycles. The van der Waals surface area contributed by atoms with Gasteiger partial charge >= 0.3 is 0 Å². The monoisotopic (exact) mass is 301 g/mol. The van der Waals surface area contributed by atoms with Crippen LogP contribution in [0.4, 0.5) is 0 Å².